The van der Waals surface area contributed by atoms with Gasteiger partial charge in [0, 0.05) is 19.1 Å². The lowest BCUT2D eigenvalue weighted by molar-refractivity contribution is -0.144. The Morgan fingerprint density at radius 1 is 1.14 bits per heavy atom. The third-order valence-corrected chi connectivity index (χ3v) is 5.20. The zero-order valence-electron chi connectivity index (χ0n) is 12.6. The second-order valence-electron chi connectivity index (χ2n) is 6.83. The van der Waals surface area contributed by atoms with Crippen molar-refractivity contribution in [2.24, 2.45) is 17.8 Å². The molecule has 0 aromatic rings. The van der Waals surface area contributed by atoms with Crippen LogP contribution < -0.4 is 5.32 Å². The summed E-state index contributed by atoms with van der Waals surface area (Å²) in [6.45, 7) is 5.03. The third kappa shape index (κ3) is 2.73. The van der Waals surface area contributed by atoms with Crippen molar-refractivity contribution in [3.8, 4) is 0 Å². The van der Waals surface area contributed by atoms with E-state index in [0.29, 0.717) is 19.0 Å². The summed E-state index contributed by atoms with van der Waals surface area (Å²) in [6.07, 6.45) is 3.01. The molecule has 2 aliphatic carbocycles. The summed E-state index contributed by atoms with van der Waals surface area (Å²) in [5, 5.41) is 12.4. The highest BCUT2D eigenvalue weighted by atomic mass is 16.5. The zero-order chi connectivity index (χ0) is 15.1. The molecule has 0 radical (unpaired) electrons. The first kappa shape index (κ1) is 14.6. The van der Waals surface area contributed by atoms with E-state index < -0.39 is 11.9 Å². The average Bonchev–Trinajstić information content (AvgIpc) is 2.97. The van der Waals surface area contributed by atoms with Gasteiger partial charge in [-0.3, -0.25) is 4.79 Å². The molecule has 2 N–H and O–H groups in total. The number of hydrogen-bond acceptors (Lipinski definition) is 3. The van der Waals surface area contributed by atoms with Gasteiger partial charge in [-0.1, -0.05) is 0 Å². The molecule has 21 heavy (non-hydrogen) atoms. The lowest BCUT2D eigenvalue weighted by Gasteiger charge is -2.37. The molecule has 1 heterocycles. The number of carboxylic acid groups (broad SMARTS) is 1. The molecule has 6 heteroatoms. The smallest absolute Gasteiger partial charge is 0.317 e. The molecule has 2 amide bonds. The van der Waals surface area contributed by atoms with Crippen molar-refractivity contribution in [1.82, 2.24) is 10.2 Å². The van der Waals surface area contributed by atoms with Gasteiger partial charge in [0.1, 0.15) is 0 Å². The Hall–Kier alpha value is -1.30. The topological polar surface area (TPSA) is 78.9 Å². The van der Waals surface area contributed by atoms with Crippen LogP contribution in [-0.4, -0.2) is 53.3 Å². The summed E-state index contributed by atoms with van der Waals surface area (Å²) in [5.74, 6) is -0.615. The van der Waals surface area contributed by atoms with E-state index >= 15 is 0 Å². The number of carbonyl (C=O) groups is 2. The molecule has 4 unspecified atom stereocenters. The number of hydrogen-bond donors (Lipinski definition) is 2. The highest BCUT2D eigenvalue weighted by molar-refractivity contribution is 5.77. The number of carboxylic acids is 1. The molecule has 1 saturated heterocycles. The minimum atomic E-state index is -0.767. The molecule has 6 nitrogen and oxygen atoms in total. The fraction of sp³-hybridized carbons (Fsp3) is 0.867. The number of nitrogens with zero attached hydrogens (tertiary/aromatic N) is 1. The molecule has 0 spiro atoms. The summed E-state index contributed by atoms with van der Waals surface area (Å²) >= 11 is 0. The summed E-state index contributed by atoms with van der Waals surface area (Å²) in [6, 6.07) is -0.344. The second-order valence-corrected chi connectivity index (χ2v) is 6.83. The first-order valence-electron chi connectivity index (χ1n) is 7.89. The van der Waals surface area contributed by atoms with Crippen molar-refractivity contribution in [2.45, 2.75) is 51.4 Å². The average molecular weight is 296 g/mol. The van der Waals surface area contributed by atoms with E-state index in [2.05, 4.69) is 5.32 Å². The van der Waals surface area contributed by atoms with Crippen LogP contribution in [0.4, 0.5) is 4.79 Å². The van der Waals surface area contributed by atoms with E-state index in [1.165, 1.54) is 0 Å². The molecule has 2 bridgehead atoms. The monoisotopic (exact) mass is 296 g/mol. The standard InChI is InChI=1S/C15H24N2O4/c1-8-6-17(7-9(2)21-8)15(20)16-13-11-4-3-10(5-11)12(13)14(18)19/h8-13H,3-7H2,1-2H3,(H,16,20)(H,18,19)/t8-,9+,10?,11?,12?,13?. The van der Waals surface area contributed by atoms with Gasteiger partial charge in [0.15, 0.2) is 0 Å². The largest absolute Gasteiger partial charge is 0.481 e. The molecule has 1 aliphatic heterocycles. The maximum absolute atomic E-state index is 12.5. The molecule has 3 fully saturated rings. The Morgan fingerprint density at radius 3 is 2.38 bits per heavy atom. The predicted octanol–water partition coefficient (Wildman–Crippen LogP) is 1.30. The van der Waals surface area contributed by atoms with Gasteiger partial charge < -0.3 is 20.1 Å². The van der Waals surface area contributed by atoms with Gasteiger partial charge >= 0.3 is 12.0 Å². The van der Waals surface area contributed by atoms with Crippen LogP contribution >= 0.6 is 0 Å². The lowest BCUT2D eigenvalue weighted by Crippen LogP contribution is -2.56. The molecule has 0 aromatic heterocycles. The van der Waals surface area contributed by atoms with Crippen LogP contribution in [0, 0.1) is 17.8 Å². The van der Waals surface area contributed by atoms with Crippen LogP contribution in [0.15, 0.2) is 0 Å². The van der Waals surface area contributed by atoms with Gasteiger partial charge in [-0.2, -0.15) is 0 Å². The Bertz CT molecular complexity index is 431. The van der Waals surface area contributed by atoms with Crippen molar-refractivity contribution in [2.75, 3.05) is 13.1 Å². The fourth-order valence-electron chi connectivity index (χ4n) is 4.43. The Kier molecular flexibility index (Phi) is 3.82. The van der Waals surface area contributed by atoms with Gasteiger partial charge in [-0.15, -0.1) is 0 Å². The number of carbonyl (C=O) groups excluding carboxylic acids is 1. The van der Waals surface area contributed by atoms with Gasteiger partial charge in [0.2, 0.25) is 0 Å². The normalized spacial score (nSPS) is 42.1. The molecule has 118 valence electrons. The van der Waals surface area contributed by atoms with Crippen LogP contribution in [0.1, 0.15) is 33.1 Å². The Labute approximate surface area is 124 Å². The van der Waals surface area contributed by atoms with Crippen molar-refractivity contribution in [3.05, 3.63) is 0 Å². The van der Waals surface area contributed by atoms with Crippen molar-refractivity contribution in [1.29, 1.82) is 0 Å². The second kappa shape index (κ2) is 5.48. The van der Waals surface area contributed by atoms with Crippen LogP contribution in [0.5, 0.6) is 0 Å². The summed E-state index contributed by atoms with van der Waals surface area (Å²) in [5.41, 5.74) is 0. The number of rotatable bonds is 2. The third-order valence-electron chi connectivity index (χ3n) is 5.20. The van der Waals surface area contributed by atoms with Crippen LogP contribution in [0.25, 0.3) is 0 Å². The zero-order valence-corrected chi connectivity index (χ0v) is 12.6. The Morgan fingerprint density at radius 2 is 1.76 bits per heavy atom. The Balaban J connectivity index is 1.65. The van der Waals surface area contributed by atoms with E-state index in [9.17, 15) is 14.7 Å². The minimum Gasteiger partial charge on any atom is -0.481 e. The van der Waals surface area contributed by atoms with Gasteiger partial charge in [-0.05, 0) is 44.9 Å². The predicted molar refractivity (Wildman–Crippen MR) is 75.9 cm³/mol. The molecule has 6 atom stereocenters. The molecule has 3 aliphatic rings. The maximum atomic E-state index is 12.5. The van der Waals surface area contributed by atoms with E-state index in [1.54, 1.807) is 4.90 Å². The molecule has 3 rings (SSSR count). The maximum Gasteiger partial charge on any atom is 0.317 e. The highest BCUT2D eigenvalue weighted by Crippen LogP contribution is 2.48. The fourth-order valence-corrected chi connectivity index (χ4v) is 4.43. The SMILES string of the molecule is C[C@@H]1CN(C(=O)NC2C3CCC(C3)C2C(=O)O)C[C@H](C)O1. The number of ether oxygens (including phenoxy) is 1. The van der Waals surface area contributed by atoms with Crippen LogP contribution in [0.3, 0.4) is 0 Å². The van der Waals surface area contributed by atoms with Gasteiger partial charge in [0.05, 0.1) is 18.1 Å². The summed E-state index contributed by atoms with van der Waals surface area (Å²) in [4.78, 5) is 25.7. The molecular weight excluding hydrogens is 272 g/mol. The van der Waals surface area contributed by atoms with Crippen molar-refractivity contribution >= 4 is 12.0 Å². The van der Waals surface area contributed by atoms with E-state index in [-0.39, 0.29) is 30.2 Å². The van der Waals surface area contributed by atoms with Crippen LogP contribution in [-0.2, 0) is 9.53 Å². The molecule has 0 aromatic carbocycles. The van der Waals surface area contributed by atoms with Gasteiger partial charge in [-0.25, -0.2) is 4.79 Å². The van der Waals surface area contributed by atoms with Crippen molar-refractivity contribution < 1.29 is 19.4 Å². The number of aliphatic carboxylic acids is 1. The van der Waals surface area contributed by atoms with Gasteiger partial charge in [0.25, 0.3) is 0 Å². The number of amides is 2. The van der Waals surface area contributed by atoms with E-state index in [0.717, 1.165) is 19.3 Å². The quantitative estimate of drug-likeness (QED) is 0.805. The first-order chi connectivity index (χ1) is 9.95. The molecular formula is C15H24N2O4. The number of nitrogens with one attached hydrogen (secondary N) is 1. The minimum absolute atomic E-state index is 0.0230. The summed E-state index contributed by atoms with van der Waals surface area (Å²) in [7, 11) is 0. The first-order valence-corrected chi connectivity index (χ1v) is 7.89. The summed E-state index contributed by atoms with van der Waals surface area (Å²) < 4.78 is 5.63. The number of morpholine rings is 1. The lowest BCUT2D eigenvalue weighted by atomic mass is 9.84. The van der Waals surface area contributed by atoms with E-state index in [4.69, 9.17) is 4.74 Å². The highest BCUT2D eigenvalue weighted by Gasteiger charge is 2.51. The number of fused-ring (bicyclic) bond motifs is 2. The van der Waals surface area contributed by atoms with E-state index in [1.807, 2.05) is 13.8 Å². The molecule has 2 saturated carbocycles. The van der Waals surface area contributed by atoms with Crippen molar-refractivity contribution in [3.63, 3.8) is 0 Å². The van der Waals surface area contributed by atoms with Crippen LogP contribution in [0.2, 0.25) is 0 Å². The number of urea groups is 1.